The third kappa shape index (κ3) is 5.51. The molecule has 2 N–H and O–H groups in total. The van der Waals surface area contributed by atoms with E-state index in [9.17, 15) is 13.2 Å². The maximum atomic E-state index is 13.3. The predicted octanol–water partition coefficient (Wildman–Crippen LogP) is 4.38. The highest BCUT2D eigenvalue weighted by molar-refractivity contribution is 7.91. The van der Waals surface area contributed by atoms with Crippen molar-refractivity contribution in [3.05, 3.63) is 83.9 Å². The van der Waals surface area contributed by atoms with Crippen LogP contribution in [0.25, 0.3) is 0 Å². The second kappa shape index (κ2) is 9.76. The van der Waals surface area contributed by atoms with Crippen molar-refractivity contribution in [3.8, 4) is 11.5 Å². The van der Waals surface area contributed by atoms with Crippen LogP contribution in [0.5, 0.6) is 11.5 Å². The molecular weight excluding hydrogens is 414 g/mol. The fourth-order valence-corrected chi connectivity index (χ4v) is 4.53. The molecule has 0 bridgehead atoms. The average molecular weight is 440 g/mol. The smallest absolute Gasteiger partial charge is 0.339 e. The van der Waals surface area contributed by atoms with Crippen molar-refractivity contribution in [3.63, 3.8) is 0 Å². The zero-order valence-electron chi connectivity index (χ0n) is 17.4. The third-order valence-electron chi connectivity index (χ3n) is 4.51. The summed E-state index contributed by atoms with van der Waals surface area (Å²) in [6.45, 7) is 3.66. The van der Waals surface area contributed by atoms with Gasteiger partial charge < -0.3 is 15.2 Å². The Morgan fingerprint density at radius 1 is 0.968 bits per heavy atom. The van der Waals surface area contributed by atoms with Gasteiger partial charge in [-0.05, 0) is 68.3 Å². The first-order valence-electron chi connectivity index (χ1n) is 9.95. The first-order chi connectivity index (χ1) is 14.8. The van der Waals surface area contributed by atoms with Crippen molar-refractivity contribution in [1.29, 1.82) is 0 Å². The van der Waals surface area contributed by atoms with Crippen LogP contribution >= 0.6 is 0 Å². The number of hydrogen-bond donors (Lipinski definition) is 1. The normalized spacial score (nSPS) is 12.2. The molecule has 162 valence electrons. The summed E-state index contributed by atoms with van der Waals surface area (Å²) in [4.78, 5) is 12.5. The van der Waals surface area contributed by atoms with Gasteiger partial charge in [-0.3, -0.25) is 0 Å². The lowest BCUT2D eigenvalue weighted by atomic mass is 10.1. The molecule has 0 radical (unpaired) electrons. The molecule has 0 unspecified atom stereocenters. The molecule has 0 fully saturated rings. The fraction of sp³-hybridized carbons (Fsp3) is 0.208. The Morgan fingerprint density at radius 3 is 2.26 bits per heavy atom. The molecule has 0 amide bonds. The Morgan fingerprint density at radius 2 is 1.65 bits per heavy atom. The van der Waals surface area contributed by atoms with Gasteiger partial charge in [0.15, 0.2) is 0 Å². The molecule has 0 aliphatic rings. The van der Waals surface area contributed by atoms with Gasteiger partial charge >= 0.3 is 5.97 Å². The van der Waals surface area contributed by atoms with Gasteiger partial charge in [0.2, 0.25) is 9.84 Å². The fourth-order valence-electron chi connectivity index (χ4n) is 3.10. The lowest BCUT2D eigenvalue weighted by molar-refractivity contribution is 0.0521. The molecule has 7 heteroatoms. The molecule has 3 aromatic rings. The molecule has 1 atom stereocenters. The molecule has 0 saturated heterocycles. The number of esters is 1. The highest BCUT2D eigenvalue weighted by Crippen LogP contribution is 2.30. The van der Waals surface area contributed by atoms with Gasteiger partial charge in [-0.1, -0.05) is 30.3 Å². The van der Waals surface area contributed by atoms with E-state index in [0.29, 0.717) is 17.9 Å². The van der Waals surface area contributed by atoms with Gasteiger partial charge in [-0.2, -0.15) is 0 Å². The Hall–Kier alpha value is -3.16. The van der Waals surface area contributed by atoms with Crippen LogP contribution in [0.15, 0.2) is 82.6 Å². The second-order valence-electron chi connectivity index (χ2n) is 7.12. The first-order valence-corrected chi connectivity index (χ1v) is 11.4. The van der Waals surface area contributed by atoms with Crippen LogP contribution in [-0.4, -0.2) is 27.0 Å². The molecular formula is C24H25NO5S. The van der Waals surface area contributed by atoms with E-state index in [4.69, 9.17) is 15.2 Å². The molecule has 0 aliphatic heterocycles. The minimum atomic E-state index is -3.96. The van der Waals surface area contributed by atoms with Crippen LogP contribution in [-0.2, 0) is 21.0 Å². The van der Waals surface area contributed by atoms with Crippen molar-refractivity contribution in [1.82, 2.24) is 0 Å². The molecule has 3 rings (SSSR count). The van der Waals surface area contributed by atoms with E-state index in [1.54, 1.807) is 31.2 Å². The summed E-state index contributed by atoms with van der Waals surface area (Å²) in [6.07, 6.45) is 0.639. The number of rotatable bonds is 8. The molecule has 0 spiro atoms. The SMILES string of the molecule is CCOC(=O)c1cc(Oc2ccccc2)ccc1S(=O)(=O)c1ccc(C[C@@H](C)N)cc1. The third-order valence-corrected chi connectivity index (χ3v) is 6.33. The summed E-state index contributed by atoms with van der Waals surface area (Å²) in [5.41, 5.74) is 6.67. The van der Waals surface area contributed by atoms with E-state index in [2.05, 4.69) is 0 Å². The van der Waals surface area contributed by atoms with Crippen LogP contribution in [0.2, 0.25) is 0 Å². The van der Waals surface area contributed by atoms with Crippen LogP contribution in [0.1, 0.15) is 29.8 Å². The number of ether oxygens (including phenoxy) is 2. The van der Waals surface area contributed by atoms with Gasteiger partial charge in [0.05, 0.1) is 22.0 Å². The zero-order chi connectivity index (χ0) is 22.4. The largest absolute Gasteiger partial charge is 0.462 e. The highest BCUT2D eigenvalue weighted by atomic mass is 32.2. The molecule has 31 heavy (non-hydrogen) atoms. The van der Waals surface area contributed by atoms with E-state index >= 15 is 0 Å². The van der Waals surface area contributed by atoms with Crippen LogP contribution in [0.3, 0.4) is 0 Å². The number of nitrogens with two attached hydrogens (primary N) is 1. The summed E-state index contributed by atoms with van der Waals surface area (Å²) in [6, 6.07) is 19.8. The van der Waals surface area contributed by atoms with Crippen molar-refractivity contribution < 1.29 is 22.7 Å². The van der Waals surface area contributed by atoms with Crippen LogP contribution in [0.4, 0.5) is 0 Å². The highest BCUT2D eigenvalue weighted by Gasteiger charge is 2.26. The Kier molecular flexibility index (Phi) is 7.09. The number of sulfone groups is 1. The monoisotopic (exact) mass is 439 g/mol. The number of carbonyl (C=O) groups excluding carboxylic acids is 1. The molecule has 0 heterocycles. The number of para-hydroxylation sites is 1. The van der Waals surface area contributed by atoms with Crippen molar-refractivity contribution in [2.45, 2.75) is 36.1 Å². The molecule has 0 aliphatic carbocycles. The second-order valence-corrected chi connectivity index (χ2v) is 9.04. The van der Waals surface area contributed by atoms with Crippen LogP contribution in [0, 0.1) is 0 Å². The van der Waals surface area contributed by atoms with Crippen molar-refractivity contribution in [2.24, 2.45) is 5.73 Å². The van der Waals surface area contributed by atoms with Gasteiger partial charge in [0.25, 0.3) is 0 Å². The van der Waals surface area contributed by atoms with Gasteiger partial charge in [0.1, 0.15) is 11.5 Å². The zero-order valence-corrected chi connectivity index (χ0v) is 18.3. The van der Waals surface area contributed by atoms with Crippen molar-refractivity contribution in [2.75, 3.05) is 6.61 Å². The van der Waals surface area contributed by atoms with E-state index in [1.807, 2.05) is 25.1 Å². The molecule has 3 aromatic carbocycles. The minimum absolute atomic E-state index is 0.0324. The Bertz CT molecular complexity index is 1140. The van der Waals surface area contributed by atoms with Gasteiger partial charge in [-0.15, -0.1) is 0 Å². The summed E-state index contributed by atoms with van der Waals surface area (Å²) in [7, 11) is -3.96. The summed E-state index contributed by atoms with van der Waals surface area (Å²) in [5, 5.41) is 0. The van der Waals surface area contributed by atoms with Crippen molar-refractivity contribution >= 4 is 15.8 Å². The summed E-state index contributed by atoms with van der Waals surface area (Å²) < 4.78 is 37.4. The summed E-state index contributed by atoms with van der Waals surface area (Å²) in [5.74, 6) is 0.172. The van der Waals surface area contributed by atoms with E-state index in [1.165, 1.54) is 30.3 Å². The average Bonchev–Trinajstić information content (AvgIpc) is 2.74. The Balaban J connectivity index is 2.00. The lowest BCUT2D eigenvalue weighted by Gasteiger charge is -2.13. The molecule has 0 saturated carbocycles. The number of carbonyl (C=O) groups is 1. The minimum Gasteiger partial charge on any atom is -0.462 e. The number of benzene rings is 3. The standard InChI is InChI=1S/C24H25NO5S/c1-3-29-24(26)22-16-20(30-19-7-5-4-6-8-19)11-14-23(22)31(27,28)21-12-9-18(10-13-21)15-17(2)25/h4-14,16-17H,3,15,25H2,1-2H3/t17-/m1/s1. The van der Waals surface area contributed by atoms with E-state index in [-0.39, 0.29) is 28.0 Å². The number of hydrogen-bond acceptors (Lipinski definition) is 6. The van der Waals surface area contributed by atoms with Gasteiger partial charge in [-0.25, -0.2) is 13.2 Å². The topological polar surface area (TPSA) is 95.7 Å². The molecule has 6 nitrogen and oxygen atoms in total. The van der Waals surface area contributed by atoms with Crippen LogP contribution < -0.4 is 10.5 Å². The maximum absolute atomic E-state index is 13.3. The van der Waals surface area contributed by atoms with E-state index in [0.717, 1.165) is 5.56 Å². The maximum Gasteiger partial charge on any atom is 0.339 e. The van der Waals surface area contributed by atoms with Gasteiger partial charge in [0, 0.05) is 6.04 Å². The predicted molar refractivity (Wildman–Crippen MR) is 118 cm³/mol. The summed E-state index contributed by atoms with van der Waals surface area (Å²) >= 11 is 0. The lowest BCUT2D eigenvalue weighted by Crippen LogP contribution is -2.17. The first kappa shape index (κ1) is 22.5. The Labute approximate surface area is 182 Å². The molecule has 0 aromatic heterocycles. The van der Waals surface area contributed by atoms with E-state index < -0.39 is 15.8 Å². The quantitative estimate of drug-likeness (QED) is 0.524.